The SMILES string of the molecule is CCCCCOC(=O)c1ccc(N2C[C@@H](C(=O)OCC(=O)c3ccc(OC(=O)c4ccc(Br)cc4)cc3)CC2=O)cc1. The molecule has 0 aromatic heterocycles. The first kappa shape index (κ1) is 30.6. The van der Waals surface area contributed by atoms with Crippen molar-refractivity contribution in [2.45, 2.75) is 32.6 Å². The Balaban J connectivity index is 1.24. The molecule has 1 fully saturated rings. The van der Waals surface area contributed by atoms with Crippen molar-refractivity contribution >= 4 is 51.2 Å². The number of ketones is 1. The van der Waals surface area contributed by atoms with E-state index in [4.69, 9.17) is 14.2 Å². The number of ether oxygens (including phenoxy) is 3. The van der Waals surface area contributed by atoms with Crippen LogP contribution in [0.5, 0.6) is 5.75 Å². The van der Waals surface area contributed by atoms with Gasteiger partial charge < -0.3 is 19.1 Å². The first-order chi connectivity index (χ1) is 20.2. The standard InChI is InChI=1S/C32H30BrNO8/c1-2-3-4-17-40-30(37)22-7-13-26(14-8-22)34-19-24(18-29(34)36)31(38)41-20-28(35)21-9-15-27(16-10-21)42-32(39)23-5-11-25(33)12-6-23/h5-16,24H,2-4,17-20H2,1H3/t24-/m0/s1. The average Bonchev–Trinajstić information content (AvgIpc) is 3.40. The molecule has 0 aliphatic carbocycles. The molecule has 1 heterocycles. The van der Waals surface area contributed by atoms with Crippen LogP contribution in [0.1, 0.15) is 63.7 Å². The van der Waals surface area contributed by atoms with Crippen LogP contribution in [0.3, 0.4) is 0 Å². The first-order valence-electron chi connectivity index (χ1n) is 13.6. The van der Waals surface area contributed by atoms with E-state index in [1.165, 1.54) is 29.2 Å². The molecule has 4 rings (SSSR count). The number of hydrogen-bond donors (Lipinski definition) is 0. The Morgan fingerprint density at radius 2 is 1.43 bits per heavy atom. The zero-order valence-electron chi connectivity index (χ0n) is 23.0. The molecular weight excluding hydrogens is 606 g/mol. The summed E-state index contributed by atoms with van der Waals surface area (Å²) in [5.41, 5.74) is 1.59. The third-order valence-electron chi connectivity index (χ3n) is 6.67. The predicted molar refractivity (Wildman–Crippen MR) is 158 cm³/mol. The van der Waals surface area contributed by atoms with Crippen LogP contribution in [0.15, 0.2) is 77.3 Å². The lowest BCUT2D eigenvalue weighted by Gasteiger charge is -2.17. The van der Waals surface area contributed by atoms with Gasteiger partial charge in [0.1, 0.15) is 5.75 Å². The van der Waals surface area contributed by atoms with Crippen LogP contribution in [0.2, 0.25) is 0 Å². The van der Waals surface area contributed by atoms with Crippen molar-refractivity contribution in [2.24, 2.45) is 5.92 Å². The molecular formula is C32H30BrNO8. The fourth-order valence-electron chi connectivity index (χ4n) is 4.29. The normalized spacial score (nSPS) is 14.4. The Hall–Kier alpha value is -4.31. The lowest BCUT2D eigenvalue weighted by molar-refractivity contribution is -0.147. The number of hydrogen-bond acceptors (Lipinski definition) is 8. The van der Waals surface area contributed by atoms with E-state index in [0.29, 0.717) is 23.4 Å². The van der Waals surface area contributed by atoms with Gasteiger partial charge in [-0.1, -0.05) is 35.7 Å². The molecule has 218 valence electrons. The van der Waals surface area contributed by atoms with Crippen molar-refractivity contribution in [2.75, 3.05) is 24.7 Å². The van der Waals surface area contributed by atoms with Crippen LogP contribution >= 0.6 is 15.9 Å². The summed E-state index contributed by atoms with van der Waals surface area (Å²) >= 11 is 3.31. The van der Waals surface area contributed by atoms with E-state index < -0.39 is 36.2 Å². The van der Waals surface area contributed by atoms with Crippen LogP contribution in [0.4, 0.5) is 5.69 Å². The molecule has 1 saturated heterocycles. The van der Waals surface area contributed by atoms with E-state index in [0.717, 1.165) is 23.7 Å². The maximum absolute atomic E-state index is 12.7. The summed E-state index contributed by atoms with van der Waals surface area (Å²) in [7, 11) is 0. The van der Waals surface area contributed by atoms with Crippen LogP contribution in [0.25, 0.3) is 0 Å². The number of benzene rings is 3. The number of esters is 3. The molecule has 1 amide bonds. The summed E-state index contributed by atoms with van der Waals surface area (Å²) in [5, 5.41) is 0. The number of unbranched alkanes of at least 4 members (excludes halogenated alkanes) is 2. The molecule has 10 heteroatoms. The zero-order valence-corrected chi connectivity index (χ0v) is 24.6. The highest BCUT2D eigenvalue weighted by Gasteiger charge is 2.36. The molecule has 3 aromatic rings. The number of carbonyl (C=O) groups is 5. The highest BCUT2D eigenvalue weighted by atomic mass is 79.9. The number of anilines is 1. The summed E-state index contributed by atoms with van der Waals surface area (Å²) in [6.45, 7) is 2.04. The second-order valence-electron chi connectivity index (χ2n) is 9.75. The highest BCUT2D eigenvalue weighted by Crippen LogP contribution is 2.26. The molecule has 42 heavy (non-hydrogen) atoms. The van der Waals surface area contributed by atoms with Crippen molar-refractivity contribution in [3.63, 3.8) is 0 Å². The minimum atomic E-state index is -0.728. The van der Waals surface area contributed by atoms with Gasteiger partial charge in [0, 0.05) is 28.7 Å². The number of Topliss-reactive ketones (excluding diaryl/α,β-unsaturated/α-hetero) is 1. The van der Waals surface area contributed by atoms with Crippen LogP contribution in [0, 0.1) is 5.92 Å². The summed E-state index contributed by atoms with van der Waals surface area (Å²) in [6.07, 6.45) is 2.78. The van der Waals surface area contributed by atoms with E-state index in [1.54, 1.807) is 48.5 Å². The topological polar surface area (TPSA) is 116 Å². The molecule has 1 aliphatic rings. The predicted octanol–water partition coefficient (Wildman–Crippen LogP) is 5.79. The second-order valence-corrected chi connectivity index (χ2v) is 10.7. The second kappa shape index (κ2) is 14.5. The lowest BCUT2D eigenvalue weighted by Crippen LogP contribution is -2.27. The zero-order chi connectivity index (χ0) is 30.1. The van der Waals surface area contributed by atoms with Gasteiger partial charge in [-0.05, 0) is 79.2 Å². The Kier molecular flexibility index (Phi) is 10.6. The molecule has 0 bridgehead atoms. The van der Waals surface area contributed by atoms with Crippen LogP contribution in [-0.2, 0) is 19.1 Å². The maximum Gasteiger partial charge on any atom is 0.343 e. The van der Waals surface area contributed by atoms with Gasteiger partial charge >= 0.3 is 17.9 Å². The van der Waals surface area contributed by atoms with Gasteiger partial charge in [0.15, 0.2) is 12.4 Å². The Bertz CT molecular complexity index is 1430. The molecule has 0 radical (unpaired) electrons. The molecule has 3 aromatic carbocycles. The van der Waals surface area contributed by atoms with Gasteiger partial charge in [-0.25, -0.2) is 9.59 Å². The number of carbonyl (C=O) groups excluding carboxylic acids is 5. The fraction of sp³-hybridized carbons (Fsp3) is 0.281. The quantitative estimate of drug-likeness (QED) is 0.106. The molecule has 9 nitrogen and oxygen atoms in total. The van der Waals surface area contributed by atoms with E-state index >= 15 is 0 Å². The van der Waals surface area contributed by atoms with Gasteiger partial charge in [0.05, 0.1) is 23.7 Å². The molecule has 0 N–H and O–H groups in total. The van der Waals surface area contributed by atoms with E-state index in [1.807, 2.05) is 0 Å². The van der Waals surface area contributed by atoms with Crippen molar-refractivity contribution in [3.05, 3.63) is 94.0 Å². The highest BCUT2D eigenvalue weighted by molar-refractivity contribution is 9.10. The van der Waals surface area contributed by atoms with Crippen LogP contribution in [-0.4, -0.2) is 49.4 Å². The largest absolute Gasteiger partial charge is 0.462 e. The smallest absolute Gasteiger partial charge is 0.343 e. The molecule has 0 unspecified atom stereocenters. The van der Waals surface area contributed by atoms with E-state index in [2.05, 4.69) is 22.9 Å². The van der Waals surface area contributed by atoms with Gasteiger partial charge in [0.2, 0.25) is 5.91 Å². The average molecular weight is 636 g/mol. The number of nitrogens with zero attached hydrogens (tertiary/aromatic N) is 1. The van der Waals surface area contributed by atoms with Crippen molar-refractivity contribution in [1.29, 1.82) is 0 Å². The molecule has 0 spiro atoms. The summed E-state index contributed by atoms with van der Waals surface area (Å²) in [5.74, 6) is -2.77. The Labute approximate surface area is 251 Å². The Morgan fingerprint density at radius 1 is 0.810 bits per heavy atom. The van der Waals surface area contributed by atoms with Gasteiger partial charge in [0.25, 0.3) is 0 Å². The van der Waals surface area contributed by atoms with Crippen molar-refractivity contribution in [1.82, 2.24) is 0 Å². The molecule has 0 saturated carbocycles. The van der Waals surface area contributed by atoms with E-state index in [9.17, 15) is 24.0 Å². The molecule has 1 atom stereocenters. The molecule has 1 aliphatic heterocycles. The maximum atomic E-state index is 12.7. The van der Waals surface area contributed by atoms with Crippen molar-refractivity contribution < 1.29 is 38.2 Å². The lowest BCUT2D eigenvalue weighted by atomic mass is 10.1. The summed E-state index contributed by atoms with van der Waals surface area (Å²) in [4.78, 5) is 63.8. The third-order valence-corrected chi connectivity index (χ3v) is 7.20. The summed E-state index contributed by atoms with van der Waals surface area (Å²) in [6, 6.07) is 19.1. The third kappa shape index (κ3) is 8.13. The van der Waals surface area contributed by atoms with E-state index in [-0.39, 0.29) is 30.2 Å². The Morgan fingerprint density at radius 3 is 2.10 bits per heavy atom. The van der Waals surface area contributed by atoms with Crippen LogP contribution < -0.4 is 9.64 Å². The number of rotatable bonds is 12. The minimum Gasteiger partial charge on any atom is -0.462 e. The fourth-order valence-corrected chi connectivity index (χ4v) is 4.56. The van der Waals surface area contributed by atoms with Gasteiger partial charge in [-0.3, -0.25) is 14.4 Å². The minimum absolute atomic E-state index is 0.0489. The van der Waals surface area contributed by atoms with Gasteiger partial charge in [-0.2, -0.15) is 0 Å². The number of halogens is 1. The monoisotopic (exact) mass is 635 g/mol. The van der Waals surface area contributed by atoms with Crippen molar-refractivity contribution in [3.8, 4) is 5.75 Å². The van der Waals surface area contributed by atoms with Gasteiger partial charge in [-0.15, -0.1) is 0 Å². The first-order valence-corrected chi connectivity index (χ1v) is 14.4. The summed E-state index contributed by atoms with van der Waals surface area (Å²) < 4.78 is 16.6. The number of amides is 1.